The van der Waals surface area contributed by atoms with Crippen LogP contribution in [0.25, 0.3) is 0 Å². The van der Waals surface area contributed by atoms with Gasteiger partial charge in [-0.2, -0.15) is 0 Å². The Morgan fingerprint density at radius 2 is 1.86 bits per heavy atom. The molecule has 2 rings (SSSR count). The summed E-state index contributed by atoms with van der Waals surface area (Å²) in [6.07, 6.45) is 1.53. The highest BCUT2D eigenvalue weighted by Crippen LogP contribution is 2.23. The first-order valence-corrected chi connectivity index (χ1v) is 6.46. The molecule has 0 spiro atoms. The zero-order valence-corrected chi connectivity index (χ0v) is 11.7. The second-order valence-corrected chi connectivity index (χ2v) is 4.75. The predicted octanol–water partition coefficient (Wildman–Crippen LogP) is 3.90. The molecule has 112 valence electrons. The van der Waals surface area contributed by atoms with Crippen LogP contribution in [0, 0.1) is 17.5 Å². The third-order valence-electron chi connectivity index (χ3n) is 2.65. The molecule has 2 aromatic rings. The fourth-order valence-corrected chi connectivity index (χ4v) is 1.75. The lowest BCUT2D eigenvalue weighted by atomic mass is 10.2. The van der Waals surface area contributed by atoms with Gasteiger partial charge in [-0.05, 0) is 43.7 Å². The van der Waals surface area contributed by atoms with Crippen LogP contribution in [0.1, 0.15) is 19.4 Å². The van der Waals surface area contributed by atoms with Crippen LogP contribution in [0.2, 0.25) is 0 Å². The van der Waals surface area contributed by atoms with Crippen molar-refractivity contribution in [3.8, 4) is 5.88 Å². The molecule has 0 aliphatic carbocycles. The van der Waals surface area contributed by atoms with Crippen molar-refractivity contribution in [1.29, 1.82) is 0 Å². The summed E-state index contributed by atoms with van der Waals surface area (Å²) < 4.78 is 44.7. The van der Waals surface area contributed by atoms with Gasteiger partial charge < -0.3 is 10.1 Å². The summed E-state index contributed by atoms with van der Waals surface area (Å²) in [6.45, 7) is 3.85. The van der Waals surface area contributed by atoms with Crippen LogP contribution >= 0.6 is 0 Å². The van der Waals surface area contributed by atoms with Gasteiger partial charge in [0.25, 0.3) is 0 Å². The van der Waals surface area contributed by atoms with E-state index in [4.69, 9.17) is 4.74 Å². The number of ether oxygens (including phenoxy) is 1. The first-order chi connectivity index (χ1) is 9.97. The van der Waals surface area contributed by atoms with Crippen LogP contribution < -0.4 is 10.1 Å². The molecule has 0 fully saturated rings. The van der Waals surface area contributed by atoms with Gasteiger partial charge in [-0.15, -0.1) is 0 Å². The van der Waals surface area contributed by atoms with E-state index in [0.29, 0.717) is 11.6 Å². The molecule has 1 N–H and O–H groups in total. The number of rotatable bonds is 5. The van der Waals surface area contributed by atoms with Gasteiger partial charge in [0.15, 0.2) is 17.5 Å². The third kappa shape index (κ3) is 3.87. The summed E-state index contributed by atoms with van der Waals surface area (Å²) in [5.41, 5.74) is 0.877. The molecule has 0 aliphatic heterocycles. The molecule has 1 aromatic carbocycles. The molecule has 0 bridgehead atoms. The maximum absolute atomic E-state index is 13.1. The van der Waals surface area contributed by atoms with Gasteiger partial charge in [0.05, 0.1) is 11.8 Å². The molecule has 0 unspecified atom stereocenters. The maximum atomic E-state index is 13.1. The quantitative estimate of drug-likeness (QED) is 0.850. The number of nitrogens with zero attached hydrogens (tertiary/aromatic N) is 1. The van der Waals surface area contributed by atoms with Gasteiger partial charge in [0.2, 0.25) is 5.88 Å². The van der Waals surface area contributed by atoms with Crippen molar-refractivity contribution in [2.24, 2.45) is 0 Å². The van der Waals surface area contributed by atoms with Gasteiger partial charge in [-0.1, -0.05) is 0 Å². The van der Waals surface area contributed by atoms with Crippen molar-refractivity contribution in [3.05, 3.63) is 53.5 Å². The molecule has 0 amide bonds. The topological polar surface area (TPSA) is 34.1 Å². The summed E-state index contributed by atoms with van der Waals surface area (Å²) in [5.74, 6) is -3.49. The third-order valence-corrected chi connectivity index (χ3v) is 2.65. The second kappa shape index (κ2) is 6.47. The number of halogens is 3. The van der Waals surface area contributed by atoms with E-state index in [1.165, 1.54) is 0 Å². The monoisotopic (exact) mass is 296 g/mol. The van der Waals surface area contributed by atoms with Gasteiger partial charge in [0, 0.05) is 12.7 Å². The van der Waals surface area contributed by atoms with Crippen LogP contribution in [0.3, 0.4) is 0 Å². The number of hydrogen-bond donors (Lipinski definition) is 1. The fraction of sp³-hybridized carbons (Fsp3) is 0.267. The minimum Gasteiger partial charge on any atom is -0.473 e. The van der Waals surface area contributed by atoms with E-state index in [1.807, 2.05) is 13.8 Å². The standard InChI is InChI=1S/C15H15F3N2O/c1-9(2)21-15-13(4-3-5-19-15)20-8-10-6-11(16)14(18)12(17)7-10/h3-7,9,20H,8H2,1-2H3. The van der Waals surface area contributed by atoms with Crippen molar-refractivity contribution in [2.75, 3.05) is 5.32 Å². The Hall–Kier alpha value is -2.24. The van der Waals surface area contributed by atoms with Crippen molar-refractivity contribution in [3.63, 3.8) is 0 Å². The van der Waals surface area contributed by atoms with E-state index in [9.17, 15) is 13.2 Å². The predicted molar refractivity (Wildman–Crippen MR) is 73.6 cm³/mol. The Bertz CT molecular complexity index is 609. The molecule has 1 heterocycles. The molecular weight excluding hydrogens is 281 g/mol. The van der Waals surface area contributed by atoms with Gasteiger partial charge in [-0.3, -0.25) is 0 Å². The lowest BCUT2D eigenvalue weighted by Crippen LogP contribution is -2.10. The SMILES string of the molecule is CC(C)Oc1ncccc1NCc1cc(F)c(F)c(F)c1. The first-order valence-electron chi connectivity index (χ1n) is 6.46. The van der Waals surface area contributed by atoms with Crippen LogP contribution in [-0.2, 0) is 6.54 Å². The highest BCUT2D eigenvalue weighted by molar-refractivity contribution is 5.52. The van der Waals surface area contributed by atoms with Gasteiger partial charge >= 0.3 is 0 Å². The average molecular weight is 296 g/mol. The molecule has 6 heteroatoms. The van der Waals surface area contributed by atoms with Crippen LogP contribution in [0.5, 0.6) is 5.88 Å². The Kier molecular flexibility index (Phi) is 4.67. The minimum absolute atomic E-state index is 0.0545. The van der Waals surface area contributed by atoms with Crippen LogP contribution in [0.4, 0.5) is 18.9 Å². The Morgan fingerprint density at radius 3 is 2.48 bits per heavy atom. The van der Waals surface area contributed by atoms with E-state index in [0.717, 1.165) is 12.1 Å². The largest absolute Gasteiger partial charge is 0.473 e. The summed E-state index contributed by atoms with van der Waals surface area (Å²) in [6, 6.07) is 5.35. The van der Waals surface area contributed by atoms with Crippen LogP contribution in [-0.4, -0.2) is 11.1 Å². The Labute approximate surface area is 120 Å². The van der Waals surface area contributed by atoms with Crippen molar-refractivity contribution >= 4 is 5.69 Å². The highest BCUT2D eigenvalue weighted by atomic mass is 19.2. The molecule has 3 nitrogen and oxygen atoms in total. The van der Waals surface area contributed by atoms with Crippen molar-refractivity contribution < 1.29 is 17.9 Å². The van der Waals surface area contributed by atoms with E-state index in [2.05, 4.69) is 10.3 Å². The lowest BCUT2D eigenvalue weighted by molar-refractivity contribution is 0.234. The average Bonchev–Trinajstić information content (AvgIpc) is 2.43. The zero-order valence-electron chi connectivity index (χ0n) is 11.7. The summed E-state index contributed by atoms with van der Waals surface area (Å²) in [5, 5.41) is 2.97. The number of pyridine rings is 1. The van der Waals surface area contributed by atoms with Crippen molar-refractivity contribution in [2.45, 2.75) is 26.5 Å². The Balaban J connectivity index is 2.13. The summed E-state index contributed by atoms with van der Waals surface area (Å²) >= 11 is 0. The van der Waals surface area contributed by atoms with E-state index in [-0.39, 0.29) is 18.2 Å². The van der Waals surface area contributed by atoms with Gasteiger partial charge in [0.1, 0.15) is 0 Å². The number of benzene rings is 1. The fourth-order valence-electron chi connectivity index (χ4n) is 1.75. The van der Waals surface area contributed by atoms with E-state index < -0.39 is 17.5 Å². The molecule has 0 saturated heterocycles. The normalized spacial score (nSPS) is 10.8. The van der Waals surface area contributed by atoms with E-state index in [1.54, 1.807) is 18.3 Å². The molecule has 21 heavy (non-hydrogen) atoms. The molecule has 0 aliphatic rings. The zero-order chi connectivity index (χ0) is 15.4. The maximum Gasteiger partial charge on any atom is 0.237 e. The number of hydrogen-bond acceptors (Lipinski definition) is 3. The molecule has 0 saturated carbocycles. The van der Waals surface area contributed by atoms with Gasteiger partial charge in [-0.25, -0.2) is 18.2 Å². The molecule has 0 radical (unpaired) electrons. The minimum atomic E-state index is -1.47. The Morgan fingerprint density at radius 1 is 1.19 bits per heavy atom. The number of nitrogens with one attached hydrogen (secondary N) is 1. The first kappa shape index (κ1) is 15.2. The summed E-state index contributed by atoms with van der Waals surface area (Å²) in [4.78, 5) is 4.09. The molecular formula is C15H15F3N2O. The molecule has 1 aromatic heterocycles. The van der Waals surface area contributed by atoms with Crippen molar-refractivity contribution in [1.82, 2.24) is 4.98 Å². The number of anilines is 1. The second-order valence-electron chi connectivity index (χ2n) is 4.75. The van der Waals surface area contributed by atoms with Crippen LogP contribution in [0.15, 0.2) is 30.5 Å². The smallest absolute Gasteiger partial charge is 0.237 e. The number of aromatic nitrogens is 1. The summed E-state index contributed by atoms with van der Waals surface area (Å²) in [7, 11) is 0. The van der Waals surface area contributed by atoms with E-state index >= 15 is 0 Å². The highest BCUT2D eigenvalue weighted by Gasteiger charge is 2.11. The lowest BCUT2D eigenvalue weighted by Gasteiger charge is -2.14. The molecule has 0 atom stereocenters.